The largest absolute Gasteiger partial charge is 0.479 e. The summed E-state index contributed by atoms with van der Waals surface area (Å²) in [5, 5.41) is 11.5. The van der Waals surface area contributed by atoms with E-state index in [2.05, 4.69) is 17.5 Å². The number of carbonyl (C=O) groups excluding carboxylic acids is 1. The molecule has 122 valence electrons. The second-order valence-electron chi connectivity index (χ2n) is 6.12. The fourth-order valence-electron chi connectivity index (χ4n) is 3.23. The topological polar surface area (TPSA) is 75.6 Å². The normalized spacial score (nSPS) is 26.1. The number of benzene rings is 1. The number of nitrogens with one attached hydrogen (secondary N) is 1. The quantitative estimate of drug-likeness (QED) is 0.818. The molecule has 1 fully saturated rings. The van der Waals surface area contributed by atoms with E-state index in [0.29, 0.717) is 11.6 Å². The molecule has 1 amide bonds. The molecule has 2 N–H and O–H groups in total. The van der Waals surface area contributed by atoms with Crippen LogP contribution in [-0.4, -0.2) is 23.1 Å². The van der Waals surface area contributed by atoms with Gasteiger partial charge in [0.25, 0.3) is 0 Å². The number of rotatable bonds is 5. The Morgan fingerprint density at radius 2 is 2.13 bits per heavy atom. The van der Waals surface area contributed by atoms with Crippen LogP contribution in [0.4, 0.5) is 10.1 Å². The van der Waals surface area contributed by atoms with Crippen LogP contribution in [0, 0.1) is 23.6 Å². The van der Waals surface area contributed by atoms with Crippen LogP contribution in [0.15, 0.2) is 30.4 Å². The molecule has 6 heteroatoms. The van der Waals surface area contributed by atoms with Gasteiger partial charge in [-0.3, -0.25) is 4.79 Å². The van der Waals surface area contributed by atoms with E-state index < -0.39 is 17.9 Å². The molecule has 1 aromatic carbocycles. The van der Waals surface area contributed by atoms with E-state index in [9.17, 15) is 14.0 Å². The summed E-state index contributed by atoms with van der Waals surface area (Å²) in [6.45, 7) is 1.32. The molecular formula is C17H18FNO4. The third-order valence-electron chi connectivity index (χ3n) is 4.47. The number of fused-ring (bicyclic) bond motifs is 2. The van der Waals surface area contributed by atoms with Crippen LogP contribution in [0.2, 0.25) is 0 Å². The van der Waals surface area contributed by atoms with E-state index >= 15 is 0 Å². The Morgan fingerprint density at radius 3 is 2.70 bits per heavy atom. The molecule has 0 heterocycles. The summed E-state index contributed by atoms with van der Waals surface area (Å²) in [6, 6.07) is 3.98. The molecule has 0 aromatic heterocycles. The lowest BCUT2D eigenvalue weighted by atomic mass is 9.93. The van der Waals surface area contributed by atoms with Crippen LogP contribution >= 0.6 is 0 Å². The van der Waals surface area contributed by atoms with Gasteiger partial charge in [-0.15, -0.1) is 0 Å². The summed E-state index contributed by atoms with van der Waals surface area (Å²) in [5.74, 6) is -1.43. The van der Waals surface area contributed by atoms with Gasteiger partial charge in [-0.2, -0.15) is 0 Å². The average molecular weight is 319 g/mol. The predicted molar refractivity (Wildman–Crippen MR) is 81.6 cm³/mol. The molecule has 0 radical (unpaired) electrons. The first kappa shape index (κ1) is 15.5. The van der Waals surface area contributed by atoms with Gasteiger partial charge >= 0.3 is 5.97 Å². The minimum atomic E-state index is -1.17. The highest BCUT2D eigenvalue weighted by Gasteiger charge is 2.39. The third-order valence-corrected chi connectivity index (χ3v) is 4.47. The van der Waals surface area contributed by atoms with Gasteiger partial charge in [0.1, 0.15) is 0 Å². The molecule has 1 aromatic rings. The molecule has 4 atom stereocenters. The average Bonchev–Trinajstić information content (AvgIpc) is 3.12. The van der Waals surface area contributed by atoms with E-state index in [1.165, 1.54) is 19.1 Å². The van der Waals surface area contributed by atoms with Crippen molar-refractivity contribution < 1.29 is 23.8 Å². The van der Waals surface area contributed by atoms with Crippen molar-refractivity contribution in [2.24, 2.45) is 17.8 Å². The highest BCUT2D eigenvalue weighted by molar-refractivity contribution is 5.93. The van der Waals surface area contributed by atoms with Crippen molar-refractivity contribution in [1.82, 2.24) is 0 Å². The van der Waals surface area contributed by atoms with Crippen LogP contribution < -0.4 is 10.1 Å². The van der Waals surface area contributed by atoms with Gasteiger partial charge in [0.15, 0.2) is 17.7 Å². The summed E-state index contributed by atoms with van der Waals surface area (Å²) in [7, 11) is 0. The molecule has 5 nitrogen and oxygen atoms in total. The fourth-order valence-corrected chi connectivity index (χ4v) is 3.23. The number of carboxylic acids is 1. The first-order valence-corrected chi connectivity index (χ1v) is 7.62. The Balaban J connectivity index is 1.65. The second kappa shape index (κ2) is 6.02. The number of amides is 1. The SMILES string of the molecule is CC(Oc1ccc(NC(=O)C2CC3C=CC2C3)cc1F)C(=O)O. The van der Waals surface area contributed by atoms with E-state index in [0.717, 1.165) is 18.9 Å². The number of allylic oxidation sites excluding steroid dienone is 2. The maximum absolute atomic E-state index is 14.0. The first-order chi connectivity index (χ1) is 10.9. The monoisotopic (exact) mass is 319 g/mol. The maximum atomic E-state index is 14.0. The van der Waals surface area contributed by atoms with Crippen LogP contribution in [0.1, 0.15) is 19.8 Å². The Morgan fingerprint density at radius 1 is 1.35 bits per heavy atom. The van der Waals surface area contributed by atoms with Crippen LogP contribution in [0.3, 0.4) is 0 Å². The smallest absolute Gasteiger partial charge is 0.344 e. The summed E-state index contributed by atoms with van der Waals surface area (Å²) >= 11 is 0. The molecule has 0 spiro atoms. The number of carboxylic acid groups (broad SMARTS) is 1. The number of hydrogen-bond acceptors (Lipinski definition) is 3. The summed E-state index contributed by atoms with van der Waals surface area (Å²) < 4.78 is 19.0. The summed E-state index contributed by atoms with van der Waals surface area (Å²) in [5.41, 5.74) is 0.342. The molecule has 2 aliphatic rings. The zero-order chi connectivity index (χ0) is 16.6. The highest BCUT2D eigenvalue weighted by atomic mass is 19.1. The molecule has 23 heavy (non-hydrogen) atoms. The molecular weight excluding hydrogens is 301 g/mol. The van der Waals surface area contributed by atoms with Crippen molar-refractivity contribution >= 4 is 17.6 Å². The summed E-state index contributed by atoms with van der Waals surface area (Å²) in [6.07, 6.45) is 4.96. The molecule has 2 bridgehead atoms. The van der Waals surface area contributed by atoms with Gasteiger partial charge in [-0.25, -0.2) is 9.18 Å². The van der Waals surface area contributed by atoms with Crippen molar-refractivity contribution in [1.29, 1.82) is 0 Å². The zero-order valence-corrected chi connectivity index (χ0v) is 12.7. The Hall–Kier alpha value is -2.37. The standard InChI is InChI=1S/C17H18FNO4/c1-9(17(21)22)23-15-5-4-12(8-14(15)18)19-16(20)13-7-10-2-3-11(13)6-10/h2-5,8-11,13H,6-7H2,1H3,(H,19,20)(H,21,22). The number of hydrogen-bond donors (Lipinski definition) is 2. The van der Waals surface area contributed by atoms with Gasteiger partial charge in [-0.1, -0.05) is 12.2 Å². The molecule has 1 saturated carbocycles. The number of anilines is 1. The Kier molecular flexibility index (Phi) is 4.07. The van der Waals surface area contributed by atoms with Crippen LogP contribution in [0.5, 0.6) is 5.75 Å². The van der Waals surface area contributed by atoms with E-state index in [1.807, 2.05) is 0 Å². The molecule has 2 aliphatic carbocycles. The Bertz CT molecular complexity index is 673. The van der Waals surface area contributed by atoms with Crippen molar-refractivity contribution in [3.8, 4) is 5.75 Å². The molecule has 3 rings (SSSR count). The number of carbonyl (C=O) groups is 2. The van der Waals surface area contributed by atoms with Gasteiger partial charge < -0.3 is 15.2 Å². The third kappa shape index (κ3) is 3.21. The van der Waals surface area contributed by atoms with Crippen molar-refractivity contribution in [3.05, 3.63) is 36.2 Å². The van der Waals surface area contributed by atoms with E-state index in [4.69, 9.17) is 9.84 Å². The van der Waals surface area contributed by atoms with Crippen molar-refractivity contribution in [2.45, 2.75) is 25.9 Å². The molecule has 4 unspecified atom stereocenters. The number of aliphatic carboxylic acids is 1. The van der Waals surface area contributed by atoms with Crippen LogP contribution in [-0.2, 0) is 9.59 Å². The van der Waals surface area contributed by atoms with Gasteiger partial charge in [0.2, 0.25) is 5.91 Å². The van der Waals surface area contributed by atoms with E-state index in [1.54, 1.807) is 0 Å². The van der Waals surface area contributed by atoms with Gasteiger partial charge in [-0.05, 0) is 43.7 Å². The number of halogens is 1. The molecule has 0 aliphatic heterocycles. The Labute approximate surface area is 133 Å². The fraction of sp³-hybridized carbons (Fsp3) is 0.412. The predicted octanol–water partition coefficient (Wildman–Crippen LogP) is 2.83. The maximum Gasteiger partial charge on any atom is 0.344 e. The second-order valence-corrected chi connectivity index (χ2v) is 6.12. The van der Waals surface area contributed by atoms with Crippen molar-refractivity contribution in [2.75, 3.05) is 5.32 Å². The lowest BCUT2D eigenvalue weighted by molar-refractivity contribution is -0.144. The summed E-state index contributed by atoms with van der Waals surface area (Å²) in [4.78, 5) is 23.0. The van der Waals surface area contributed by atoms with Gasteiger partial charge in [0, 0.05) is 17.7 Å². The molecule has 0 saturated heterocycles. The van der Waals surface area contributed by atoms with Crippen LogP contribution in [0.25, 0.3) is 0 Å². The minimum Gasteiger partial charge on any atom is -0.479 e. The minimum absolute atomic E-state index is 0.0592. The first-order valence-electron chi connectivity index (χ1n) is 7.62. The lowest BCUT2D eigenvalue weighted by Gasteiger charge is -2.18. The number of ether oxygens (including phenoxy) is 1. The highest BCUT2D eigenvalue weighted by Crippen LogP contribution is 2.43. The lowest BCUT2D eigenvalue weighted by Crippen LogP contribution is -2.26. The van der Waals surface area contributed by atoms with E-state index in [-0.39, 0.29) is 23.5 Å². The van der Waals surface area contributed by atoms with Gasteiger partial charge in [0.05, 0.1) is 0 Å². The zero-order valence-electron chi connectivity index (χ0n) is 12.7. The van der Waals surface area contributed by atoms with Crippen molar-refractivity contribution in [3.63, 3.8) is 0 Å².